The second-order valence-corrected chi connectivity index (χ2v) is 12.7. The smallest absolute Gasteiger partial charge is 0.407 e. The number of nitrogens with one attached hydrogen (secondary N) is 1. The molecule has 0 aliphatic heterocycles. The Bertz CT molecular complexity index is 1090. The summed E-state index contributed by atoms with van der Waals surface area (Å²) >= 11 is 0. The van der Waals surface area contributed by atoms with E-state index in [9.17, 15) is 4.79 Å². The molecular formula is C41H65NO9. The van der Waals surface area contributed by atoms with Crippen LogP contribution < -0.4 is 5.32 Å². The molecule has 10 nitrogen and oxygen atoms in total. The van der Waals surface area contributed by atoms with Crippen molar-refractivity contribution in [3.63, 3.8) is 0 Å². The van der Waals surface area contributed by atoms with Gasteiger partial charge in [0.1, 0.15) is 6.61 Å². The number of benzene rings is 2. The van der Waals surface area contributed by atoms with Crippen LogP contribution in [0, 0.1) is 0 Å². The summed E-state index contributed by atoms with van der Waals surface area (Å²) in [5, 5.41) is 2.75. The van der Waals surface area contributed by atoms with Crippen molar-refractivity contribution in [3.05, 3.63) is 59.7 Å². The van der Waals surface area contributed by atoms with Gasteiger partial charge in [-0.1, -0.05) is 113 Å². The van der Waals surface area contributed by atoms with Crippen LogP contribution in [0.5, 0.6) is 0 Å². The van der Waals surface area contributed by atoms with Gasteiger partial charge < -0.3 is 43.2 Å². The fraction of sp³-hybridized carbons (Fsp3) is 0.683. The number of alkyl carbamates (subject to hydrolysis) is 1. The van der Waals surface area contributed by atoms with Crippen LogP contribution in [0.15, 0.2) is 48.5 Å². The summed E-state index contributed by atoms with van der Waals surface area (Å²) in [7, 11) is 0. The Labute approximate surface area is 307 Å². The van der Waals surface area contributed by atoms with Crippen molar-refractivity contribution in [3.8, 4) is 11.1 Å². The standard InChI is InChI=1S/C41H65NO9/c1-2-3-4-5-6-7-8-9-10-15-21-44-23-25-46-27-29-48-31-33-50-34-32-49-30-28-47-26-24-45-22-20-42-41(43)51-35-40-38-18-13-11-16-36(38)37-17-12-14-19-39(37)40/h11-14,16-19,40H,2-10,15,20-35H2,1H3,(H,42,43). The van der Waals surface area contributed by atoms with Crippen molar-refractivity contribution in [2.24, 2.45) is 0 Å². The Kier molecular flexibility index (Phi) is 25.2. The highest BCUT2D eigenvalue weighted by molar-refractivity contribution is 5.79. The zero-order valence-electron chi connectivity index (χ0n) is 31.3. The molecule has 0 radical (unpaired) electrons. The molecule has 1 aliphatic rings. The molecule has 0 saturated carbocycles. The fourth-order valence-electron chi connectivity index (χ4n) is 5.99. The average molecular weight is 716 g/mol. The third-order valence-electron chi connectivity index (χ3n) is 8.73. The lowest BCUT2D eigenvalue weighted by Gasteiger charge is -2.14. The van der Waals surface area contributed by atoms with Gasteiger partial charge in [-0.25, -0.2) is 4.79 Å². The van der Waals surface area contributed by atoms with E-state index < -0.39 is 6.09 Å². The molecule has 2 aromatic carbocycles. The summed E-state index contributed by atoms with van der Waals surface area (Å²) in [4.78, 5) is 12.2. The molecule has 10 heteroatoms. The Hall–Kier alpha value is -2.57. The number of carbonyl (C=O) groups excluding carboxylic acids is 1. The van der Waals surface area contributed by atoms with E-state index in [1.807, 2.05) is 24.3 Å². The van der Waals surface area contributed by atoms with Gasteiger partial charge in [-0.15, -0.1) is 0 Å². The van der Waals surface area contributed by atoms with Gasteiger partial charge in [0.25, 0.3) is 0 Å². The predicted molar refractivity (Wildman–Crippen MR) is 201 cm³/mol. The normalized spacial score (nSPS) is 12.3. The van der Waals surface area contributed by atoms with Gasteiger partial charge in [-0.2, -0.15) is 0 Å². The number of hydrogen-bond donors (Lipinski definition) is 1. The van der Waals surface area contributed by atoms with E-state index in [0.29, 0.717) is 99.0 Å². The zero-order valence-corrected chi connectivity index (χ0v) is 31.3. The molecule has 2 aromatic rings. The fourth-order valence-corrected chi connectivity index (χ4v) is 5.99. The summed E-state index contributed by atoms with van der Waals surface area (Å²) in [5.74, 6) is 0.0450. The minimum atomic E-state index is -0.443. The maximum Gasteiger partial charge on any atom is 0.407 e. The third kappa shape index (κ3) is 19.7. The molecule has 51 heavy (non-hydrogen) atoms. The van der Waals surface area contributed by atoms with Crippen molar-refractivity contribution in [2.75, 3.05) is 106 Å². The Balaban J connectivity index is 0.965. The lowest BCUT2D eigenvalue weighted by molar-refractivity contribution is -0.0204. The number of rotatable bonds is 34. The molecule has 0 heterocycles. The quantitative estimate of drug-likeness (QED) is 0.0736. The SMILES string of the molecule is CCCCCCCCCCCCOCCOCCOCCOCCOCCOCCOCCNC(=O)OCC1c2ccccc2-c2ccccc21. The number of carbonyl (C=O) groups is 1. The van der Waals surface area contributed by atoms with Crippen LogP contribution in [0.4, 0.5) is 4.79 Å². The molecule has 0 bridgehead atoms. The van der Waals surface area contributed by atoms with Crippen LogP contribution in [0.3, 0.4) is 0 Å². The molecule has 1 amide bonds. The van der Waals surface area contributed by atoms with Crippen molar-refractivity contribution in [1.82, 2.24) is 5.32 Å². The van der Waals surface area contributed by atoms with Crippen molar-refractivity contribution in [1.29, 1.82) is 0 Å². The topological polar surface area (TPSA) is 103 Å². The first-order valence-electron chi connectivity index (χ1n) is 19.4. The highest BCUT2D eigenvalue weighted by atomic mass is 16.6. The zero-order chi connectivity index (χ0) is 35.9. The number of fused-ring (bicyclic) bond motifs is 3. The third-order valence-corrected chi connectivity index (χ3v) is 8.73. The van der Waals surface area contributed by atoms with E-state index in [1.165, 1.54) is 80.0 Å². The number of unbranched alkanes of at least 4 members (excludes halogenated alkanes) is 9. The molecular weight excluding hydrogens is 650 g/mol. The Morgan fingerprint density at radius 3 is 1.31 bits per heavy atom. The monoisotopic (exact) mass is 715 g/mol. The lowest BCUT2D eigenvalue weighted by atomic mass is 9.98. The molecule has 3 rings (SSSR count). The first kappa shape index (κ1) is 42.8. The summed E-state index contributed by atoms with van der Waals surface area (Å²) in [6.45, 7) is 10.4. The molecule has 1 aliphatic carbocycles. The second kappa shape index (κ2) is 29.9. The van der Waals surface area contributed by atoms with Crippen molar-refractivity contribution >= 4 is 6.09 Å². The maximum atomic E-state index is 12.2. The summed E-state index contributed by atoms with van der Waals surface area (Å²) in [5.41, 5.74) is 4.80. The maximum absolute atomic E-state index is 12.2. The molecule has 0 unspecified atom stereocenters. The highest BCUT2D eigenvalue weighted by Crippen LogP contribution is 2.44. The van der Waals surface area contributed by atoms with Crippen LogP contribution in [0.2, 0.25) is 0 Å². The minimum absolute atomic E-state index is 0.0450. The molecule has 0 saturated heterocycles. The molecule has 0 spiro atoms. The van der Waals surface area contributed by atoms with Crippen LogP contribution in [-0.2, 0) is 37.9 Å². The van der Waals surface area contributed by atoms with Gasteiger partial charge in [0.2, 0.25) is 0 Å². The largest absolute Gasteiger partial charge is 0.449 e. The van der Waals surface area contributed by atoms with Gasteiger partial charge in [0.05, 0.1) is 85.9 Å². The Morgan fingerprint density at radius 1 is 0.490 bits per heavy atom. The van der Waals surface area contributed by atoms with Gasteiger partial charge in [0.15, 0.2) is 0 Å². The van der Waals surface area contributed by atoms with Crippen LogP contribution in [-0.4, -0.2) is 112 Å². The summed E-state index contributed by atoms with van der Waals surface area (Å²) in [6.07, 6.45) is 12.9. The minimum Gasteiger partial charge on any atom is -0.449 e. The molecule has 288 valence electrons. The molecule has 0 fully saturated rings. The lowest BCUT2D eigenvalue weighted by Crippen LogP contribution is -2.29. The van der Waals surface area contributed by atoms with Crippen molar-refractivity contribution < 1.29 is 42.7 Å². The van der Waals surface area contributed by atoms with Crippen LogP contribution in [0.25, 0.3) is 11.1 Å². The molecule has 0 aromatic heterocycles. The van der Waals surface area contributed by atoms with E-state index in [4.69, 9.17) is 37.9 Å². The van der Waals surface area contributed by atoms with Crippen molar-refractivity contribution in [2.45, 2.75) is 77.0 Å². The van der Waals surface area contributed by atoms with E-state index in [-0.39, 0.29) is 5.92 Å². The first-order valence-corrected chi connectivity index (χ1v) is 19.4. The van der Waals surface area contributed by atoms with E-state index in [0.717, 1.165) is 13.0 Å². The summed E-state index contributed by atoms with van der Waals surface area (Å²) < 4.78 is 44.4. The highest BCUT2D eigenvalue weighted by Gasteiger charge is 2.28. The number of hydrogen-bond acceptors (Lipinski definition) is 9. The van der Waals surface area contributed by atoms with Crippen LogP contribution in [0.1, 0.15) is 88.2 Å². The molecule has 1 N–H and O–H groups in total. The predicted octanol–water partition coefficient (Wildman–Crippen LogP) is 7.56. The number of amides is 1. The molecule has 0 atom stereocenters. The first-order chi connectivity index (χ1) is 25.3. The summed E-state index contributed by atoms with van der Waals surface area (Å²) in [6, 6.07) is 16.6. The van der Waals surface area contributed by atoms with Gasteiger partial charge in [-0.3, -0.25) is 0 Å². The van der Waals surface area contributed by atoms with E-state index in [1.54, 1.807) is 0 Å². The average Bonchev–Trinajstić information content (AvgIpc) is 3.48. The van der Waals surface area contributed by atoms with Crippen LogP contribution >= 0.6 is 0 Å². The number of ether oxygens (including phenoxy) is 8. The van der Waals surface area contributed by atoms with Gasteiger partial charge in [-0.05, 0) is 28.7 Å². The van der Waals surface area contributed by atoms with E-state index >= 15 is 0 Å². The van der Waals surface area contributed by atoms with Gasteiger partial charge in [0, 0.05) is 19.1 Å². The Morgan fingerprint density at radius 2 is 0.863 bits per heavy atom. The second-order valence-electron chi connectivity index (χ2n) is 12.7. The van der Waals surface area contributed by atoms with E-state index in [2.05, 4.69) is 36.5 Å². The van der Waals surface area contributed by atoms with Gasteiger partial charge >= 0.3 is 6.09 Å².